The monoisotopic (exact) mass is 740 g/mol. The zero-order chi connectivity index (χ0) is 36.8. The van der Waals surface area contributed by atoms with Crippen molar-refractivity contribution in [3.8, 4) is 0 Å². The molecule has 0 aliphatic rings. The van der Waals surface area contributed by atoms with Gasteiger partial charge in [0.1, 0.15) is 18.2 Å². The van der Waals surface area contributed by atoms with Crippen LogP contribution in [0.5, 0.6) is 0 Å². The third kappa shape index (κ3) is 11.8. The molecule has 4 N–H and O–H groups in total. The summed E-state index contributed by atoms with van der Waals surface area (Å²) < 4.78 is 38.0. The van der Waals surface area contributed by atoms with E-state index in [-0.39, 0.29) is 61.8 Å². The second kappa shape index (κ2) is 19.6. The molecule has 0 amide bonds. The Morgan fingerprint density at radius 1 is 0.902 bits per heavy atom. The predicted molar refractivity (Wildman–Crippen MR) is 195 cm³/mol. The van der Waals surface area contributed by atoms with Crippen LogP contribution in [0, 0.1) is 5.92 Å². The second-order valence-corrected chi connectivity index (χ2v) is 15.1. The number of esters is 1. The van der Waals surface area contributed by atoms with E-state index >= 15 is 0 Å². The van der Waals surface area contributed by atoms with E-state index < -0.39 is 25.5 Å². The van der Waals surface area contributed by atoms with Gasteiger partial charge in [0.25, 0.3) is 0 Å². The lowest BCUT2D eigenvalue weighted by Crippen LogP contribution is -2.33. The average Bonchev–Trinajstić information content (AvgIpc) is 3.56. The molecule has 51 heavy (non-hydrogen) atoms. The standard InChI is InChI=1S/C35H45N6O8PS/c1-24(2)29(36)35(44)51-19-9-17-49-50(45,23-46-18-14-41-22-40-30-32(37)38-21-39-33(30)41)48-16-8-15-47-34(43)25(3)27-12-7-13-28(20-27)31(42)26-10-5-4-6-11-26/h4-7,10-13,20-22,24-25,29H,8-9,14-19,23,36H2,1-3H3,(H2,37,38,39)/t25?,29-,50?/m0/s1. The zero-order valence-corrected chi connectivity index (χ0v) is 30.7. The lowest BCUT2D eigenvalue weighted by molar-refractivity contribution is -0.145. The molecule has 0 aliphatic carbocycles. The summed E-state index contributed by atoms with van der Waals surface area (Å²) in [6, 6.07) is 15.3. The molecule has 274 valence electrons. The number of hydrogen-bond donors (Lipinski definition) is 2. The Hall–Kier alpha value is -3.98. The summed E-state index contributed by atoms with van der Waals surface area (Å²) in [5.74, 6) is -0.486. The number of nitrogens with zero attached hydrogens (tertiary/aromatic N) is 4. The molecule has 0 fully saturated rings. The van der Waals surface area contributed by atoms with Crippen molar-refractivity contribution in [2.75, 3.05) is 44.3 Å². The number of fused-ring (bicyclic) bond motifs is 1. The topological polar surface area (TPSA) is 201 Å². The Bertz CT molecular complexity index is 1810. The molecule has 0 saturated heterocycles. The molecular weight excluding hydrogens is 695 g/mol. The Kier molecular flexibility index (Phi) is 15.3. The van der Waals surface area contributed by atoms with E-state index in [0.717, 1.165) is 11.8 Å². The van der Waals surface area contributed by atoms with Crippen LogP contribution in [-0.4, -0.2) is 81.0 Å². The van der Waals surface area contributed by atoms with E-state index in [4.69, 9.17) is 30.0 Å². The van der Waals surface area contributed by atoms with Crippen LogP contribution in [0.3, 0.4) is 0 Å². The van der Waals surface area contributed by atoms with Crippen LogP contribution in [0.2, 0.25) is 0 Å². The summed E-state index contributed by atoms with van der Waals surface area (Å²) in [5, 5.41) is -0.107. The normalized spacial score (nSPS) is 13.9. The summed E-state index contributed by atoms with van der Waals surface area (Å²) in [5.41, 5.74) is 14.5. The molecule has 2 unspecified atom stereocenters. The van der Waals surface area contributed by atoms with Crippen LogP contribution in [0.25, 0.3) is 11.2 Å². The fraction of sp³-hybridized carbons (Fsp3) is 0.429. The van der Waals surface area contributed by atoms with Gasteiger partial charge in [-0.1, -0.05) is 74.1 Å². The highest BCUT2D eigenvalue weighted by molar-refractivity contribution is 8.13. The van der Waals surface area contributed by atoms with Gasteiger partial charge in [0, 0.05) is 29.8 Å². The maximum atomic E-state index is 13.7. The van der Waals surface area contributed by atoms with E-state index in [2.05, 4.69) is 15.0 Å². The molecule has 14 nitrogen and oxygen atoms in total. The molecule has 2 aromatic heterocycles. The van der Waals surface area contributed by atoms with Crippen molar-refractivity contribution in [3.63, 3.8) is 0 Å². The molecular formula is C35H45N6O8PS. The van der Waals surface area contributed by atoms with Gasteiger partial charge in [-0.2, -0.15) is 0 Å². The molecule has 3 atom stereocenters. The fourth-order valence-corrected chi connectivity index (χ4v) is 7.04. The summed E-state index contributed by atoms with van der Waals surface area (Å²) in [6.07, 6.45) is 3.27. The third-order valence-electron chi connectivity index (χ3n) is 7.83. The second-order valence-electron chi connectivity index (χ2n) is 12.0. The van der Waals surface area contributed by atoms with Crippen molar-refractivity contribution in [2.24, 2.45) is 11.7 Å². The molecule has 0 bridgehead atoms. The highest BCUT2D eigenvalue weighted by Gasteiger charge is 2.26. The minimum Gasteiger partial charge on any atom is -0.465 e. The third-order valence-corrected chi connectivity index (χ3v) is 10.5. The molecule has 0 saturated carbocycles. The number of benzene rings is 2. The number of ether oxygens (including phenoxy) is 2. The number of nitrogen functional groups attached to an aromatic ring is 1. The summed E-state index contributed by atoms with van der Waals surface area (Å²) in [4.78, 5) is 50.3. The Morgan fingerprint density at radius 3 is 2.37 bits per heavy atom. The van der Waals surface area contributed by atoms with E-state index in [1.54, 1.807) is 66.3 Å². The Balaban J connectivity index is 1.25. The first kappa shape index (κ1) is 39.8. The number of imidazole rings is 1. The van der Waals surface area contributed by atoms with E-state index in [9.17, 15) is 18.9 Å². The van der Waals surface area contributed by atoms with Gasteiger partial charge in [-0.05, 0) is 30.9 Å². The number of carbonyl (C=O) groups is 3. The number of carbonyl (C=O) groups excluding carboxylic acids is 3. The first-order valence-electron chi connectivity index (χ1n) is 16.6. The lowest BCUT2D eigenvalue weighted by atomic mass is 9.96. The van der Waals surface area contributed by atoms with Crippen molar-refractivity contribution in [2.45, 2.75) is 52.1 Å². The van der Waals surface area contributed by atoms with Crippen molar-refractivity contribution < 1.29 is 37.5 Å². The number of hydrogen-bond acceptors (Lipinski definition) is 14. The average molecular weight is 741 g/mol. The van der Waals surface area contributed by atoms with E-state index in [1.165, 1.54) is 6.33 Å². The van der Waals surface area contributed by atoms with Gasteiger partial charge in [-0.3, -0.25) is 18.9 Å². The molecule has 2 aromatic carbocycles. The van der Waals surface area contributed by atoms with Gasteiger partial charge in [0.15, 0.2) is 17.2 Å². The Labute approximate surface area is 301 Å². The van der Waals surface area contributed by atoms with Gasteiger partial charge in [-0.15, -0.1) is 0 Å². The number of nitrogens with two attached hydrogens (primary N) is 2. The van der Waals surface area contributed by atoms with Crippen LogP contribution < -0.4 is 11.5 Å². The molecule has 0 aliphatic heterocycles. The van der Waals surface area contributed by atoms with Gasteiger partial charge in [0.2, 0.25) is 5.12 Å². The van der Waals surface area contributed by atoms with Crippen LogP contribution >= 0.6 is 19.4 Å². The van der Waals surface area contributed by atoms with Crippen LogP contribution in [0.1, 0.15) is 61.0 Å². The number of aromatic nitrogens is 4. The minimum absolute atomic E-state index is 0.0141. The SMILES string of the molecule is CC(C(=O)OCCCOP(=O)(COCCn1cnc2c(N)ncnc21)OCCCSC(=O)[C@@H](N)C(C)C)c1cccc(C(=O)c2ccccc2)c1. The van der Waals surface area contributed by atoms with Crippen molar-refractivity contribution >= 4 is 53.2 Å². The predicted octanol–water partition coefficient (Wildman–Crippen LogP) is 5.21. The lowest BCUT2D eigenvalue weighted by Gasteiger charge is -2.19. The number of ketones is 1. The van der Waals surface area contributed by atoms with Crippen molar-refractivity contribution in [1.82, 2.24) is 19.5 Å². The highest BCUT2D eigenvalue weighted by atomic mass is 32.2. The molecule has 0 spiro atoms. The van der Waals surface area contributed by atoms with Crippen molar-refractivity contribution in [1.29, 1.82) is 0 Å². The van der Waals surface area contributed by atoms with E-state index in [0.29, 0.717) is 46.6 Å². The molecule has 4 aromatic rings. The van der Waals surface area contributed by atoms with Gasteiger partial charge in [-0.25, -0.2) is 15.0 Å². The summed E-state index contributed by atoms with van der Waals surface area (Å²) in [7, 11) is -3.74. The first-order valence-corrected chi connectivity index (χ1v) is 19.4. The molecule has 16 heteroatoms. The number of thioether (sulfide) groups is 1. The van der Waals surface area contributed by atoms with Gasteiger partial charge in [0.05, 0.1) is 44.7 Å². The van der Waals surface area contributed by atoms with Crippen LogP contribution in [0.15, 0.2) is 67.3 Å². The quantitative estimate of drug-likeness (QED) is 0.0488. The van der Waals surface area contributed by atoms with E-state index in [1.807, 2.05) is 19.9 Å². The number of rotatable bonds is 21. The summed E-state index contributed by atoms with van der Waals surface area (Å²) in [6.45, 7) is 6.03. The molecule has 0 radical (unpaired) electrons. The van der Waals surface area contributed by atoms with Crippen LogP contribution in [0.4, 0.5) is 5.82 Å². The fourth-order valence-electron chi connectivity index (χ4n) is 4.72. The number of anilines is 1. The molecule has 2 heterocycles. The van der Waals surface area contributed by atoms with Crippen molar-refractivity contribution in [3.05, 3.63) is 83.9 Å². The summed E-state index contributed by atoms with van der Waals surface area (Å²) >= 11 is 1.12. The maximum absolute atomic E-state index is 13.7. The van der Waals surface area contributed by atoms with Gasteiger partial charge >= 0.3 is 13.6 Å². The highest BCUT2D eigenvalue weighted by Crippen LogP contribution is 2.48. The Morgan fingerprint density at radius 2 is 1.63 bits per heavy atom. The van der Waals surface area contributed by atoms with Crippen LogP contribution in [-0.2, 0) is 39.2 Å². The smallest absolute Gasteiger partial charge is 0.356 e. The minimum atomic E-state index is -3.74. The molecule has 4 rings (SSSR count). The first-order chi connectivity index (χ1) is 24.5. The zero-order valence-electron chi connectivity index (χ0n) is 29.0. The largest absolute Gasteiger partial charge is 0.465 e. The maximum Gasteiger partial charge on any atom is 0.356 e. The van der Waals surface area contributed by atoms with Gasteiger partial charge < -0.3 is 34.6 Å².